The Hall–Kier alpha value is -3.19. The molecule has 13 nitrogen and oxygen atoms in total. The van der Waals surface area contributed by atoms with E-state index < -0.39 is 37.6 Å². The molecule has 0 aliphatic carbocycles. The van der Waals surface area contributed by atoms with Crippen molar-refractivity contribution < 1.29 is 24.7 Å². The third-order valence-corrected chi connectivity index (χ3v) is 3.33. The number of non-ortho nitro benzene ring substituents is 1. The second-order valence-electron chi connectivity index (χ2n) is 6.25. The summed E-state index contributed by atoms with van der Waals surface area (Å²) in [5, 5.41) is 40.2. The van der Waals surface area contributed by atoms with Gasteiger partial charge in [-0.3, -0.25) is 35.1 Å². The number of nitro groups is 3. The van der Waals surface area contributed by atoms with Gasteiger partial charge in [0.05, 0.1) is 26.9 Å². The smallest absolute Gasteiger partial charge is 0.324 e. The number of phenolic OH excluding ortho intramolecular Hbond substituents is 1. The van der Waals surface area contributed by atoms with E-state index in [1.807, 2.05) is 38.0 Å². The average Bonchev–Trinajstić information content (AvgIpc) is 2.58. The molecule has 0 aliphatic heterocycles. The molecule has 0 fully saturated rings. The minimum Gasteiger partial charge on any atom is -0.497 e. The molecule has 0 amide bonds. The average molecular weight is 401 g/mol. The van der Waals surface area contributed by atoms with Crippen LogP contribution in [-0.4, -0.2) is 76.7 Å². The van der Waals surface area contributed by atoms with E-state index in [2.05, 4.69) is 0 Å². The van der Waals surface area contributed by atoms with Crippen LogP contribution in [0.3, 0.4) is 0 Å². The topological polar surface area (TPSA) is 173 Å². The van der Waals surface area contributed by atoms with Crippen molar-refractivity contribution in [2.45, 2.75) is 12.8 Å². The van der Waals surface area contributed by atoms with E-state index in [1.165, 1.54) is 0 Å². The Balaban J connectivity index is 0.000000546. The van der Waals surface area contributed by atoms with Gasteiger partial charge in [0.25, 0.3) is 11.4 Å². The summed E-state index contributed by atoms with van der Waals surface area (Å²) in [6.45, 7) is 1.73. The highest BCUT2D eigenvalue weighted by Gasteiger charge is 2.30. The molecule has 156 valence electrons. The predicted octanol–water partition coefficient (Wildman–Crippen LogP) is 1.58. The molecular formula is C15H23N5O8. The van der Waals surface area contributed by atoms with Gasteiger partial charge in [0.2, 0.25) is 0 Å². The number of Topliss-reactive ketones (excluding diaryl/α,β-unsaturated/α-hetero) is 1. The molecule has 0 aliphatic rings. The Morgan fingerprint density at radius 2 is 1.21 bits per heavy atom. The van der Waals surface area contributed by atoms with Gasteiger partial charge in [-0.25, -0.2) is 0 Å². The van der Waals surface area contributed by atoms with E-state index in [9.17, 15) is 35.1 Å². The lowest BCUT2D eigenvalue weighted by Gasteiger charge is -2.10. The molecule has 0 bridgehead atoms. The number of phenols is 1. The third-order valence-electron chi connectivity index (χ3n) is 3.33. The van der Waals surface area contributed by atoms with Crippen LogP contribution >= 0.6 is 0 Å². The normalized spacial score (nSPS) is 10.4. The summed E-state index contributed by atoms with van der Waals surface area (Å²) in [6.07, 6.45) is 1.36. The van der Waals surface area contributed by atoms with Crippen molar-refractivity contribution in [3.8, 4) is 5.75 Å². The number of ketones is 1. The van der Waals surface area contributed by atoms with Gasteiger partial charge in [-0.15, -0.1) is 0 Å². The molecule has 1 N–H and O–H groups in total. The molecule has 0 spiro atoms. The maximum Gasteiger partial charge on any atom is 0.324 e. The van der Waals surface area contributed by atoms with Gasteiger partial charge >= 0.3 is 11.4 Å². The highest BCUT2D eigenvalue weighted by atomic mass is 16.6. The van der Waals surface area contributed by atoms with Crippen LogP contribution in [0.25, 0.3) is 0 Å². The number of hydrogen-bond donors (Lipinski definition) is 1. The summed E-state index contributed by atoms with van der Waals surface area (Å²) >= 11 is 0. The van der Waals surface area contributed by atoms with E-state index in [0.717, 1.165) is 13.1 Å². The Morgan fingerprint density at radius 3 is 1.46 bits per heavy atom. The summed E-state index contributed by atoms with van der Waals surface area (Å²) in [6, 6.07) is 0.894. The molecule has 0 aromatic heterocycles. The van der Waals surface area contributed by atoms with Crippen molar-refractivity contribution in [3.63, 3.8) is 0 Å². The highest BCUT2D eigenvalue weighted by molar-refractivity contribution is 5.78. The second-order valence-corrected chi connectivity index (χ2v) is 6.25. The lowest BCUT2D eigenvalue weighted by Crippen LogP contribution is -2.20. The van der Waals surface area contributed by atoms with E-state index in [-0.39, 0.29) is 0 Å². The van der Waals surface area contributed by atoms with E-state index in [1.54, 1.807) is 0 Å². The van der Waals surface area contributed by atoms with Gasteiger partial charge in [0, 0.05) is 25.9 Å². The molecule has 1 aromatic rings. The molecular weight excluding hydrogens is 378 g/mol. The molecule has 13 heteroatoms. The fraction of sp³-hybridized carbons (Fsp3) is 0.533. The Morgan fingerprint density at radius 1 is 0.857 bits per heavy atom. The SMILES string of the molecule is CN(C)CCC(=O)CCN(C)C.O=[N+]([O-])c1cc([N+](=O)[O-])c(O)c([N+](=O)[O-])c1. The largest absolute Gasteiger partial charge is 0.497 e. The van der Waals surface area contributed by atoms with Crippen LogP contribution in [0.5, 0.6) is 5.75 Å². The van der Waals surface area contributed by atoms with Crippen LogP contribution in [-0.2, 0) is 4.79 Å². The number of benzene rings is 1. The summed E-state index contributed by atoms with van der Waals surface area (Å²) in [4.78, 5) is 43.0. The van der Waals surface area contributed by atoms with E-state index in [4.69, 9.17) is 5.11 Å². The van der Waals surface area contributed by atoms with Crippen molar-refractivity contribution in [2.24, 2.45) is 0 Å². The molecule has 0 saturated heterocycles. The number of rotatable bonds is 9. The van der Waals surface area contributed by atoms with Gasteiger partial charge in [-0.05, 0) is 28.2 Å². The molecule has 28 heavy (non-hydrogen) atoms. The lowest BCUT2D eigenvalue weighted by molar-refractivity contribution is -0.404. The quantitative estimate of drug-likeness (QED) is 0.472. The van der Waals surface area contributed by atoms with Gasteiger partial charge < -0.3 is 14.9 Å². The number of hydrogen-bond acceptors (Lipinski definition) is 10. The second kappa shape index (κ2) is 11.5. The molecule has 1 aromatic carbocycles. The van der Waals surface area contributed by atoms with E-state index in [0.29, 0.717) is 30.8 Å². The van der Waals surface area contributed by atoms with Crippen molar-refractivity contribution in [3.05, 3.63) is 42.5 Å². The zero-order valence-electron chi connectivity index (χ0n) is 16.0. The summed E-state index contributed by atoms with van der Waals surface area (Å²) in [5.74, 6) is -0.849. The molecule has 1 rings (SSSR count). The minimum atomic E-state index is -1.21. The molecule has 0 atom stereocenters. The van der Waals surface area contributed by atoms with Gasteiger partial charge in [0.1, 0.15) is 5.78 Å². The summed E-state index contributed by atoms with van der Waals surface area (Å²) < 4.78 is 0. The maximum absolute atomic E-state index is 11.2. The summed E-state index contributed by atoms with van der Waals surface area (Å²) in [7, 11) is 7.94. The number of carbonyl (C=O) groups excluding carboxylic acids is 1. The fourth-order valence-electron chi connectivity index (χ4n) is 1.80. The molecule has 0 saturated carbocycles. The van der Waals surface area contributed by atoms with Crippen LogP contribution in [0, 0.1) is 30.3 Å². The monoisotopic (exact) mass is 401 g/mol. The number of aromatic hydroxyl groups is 1. The lowest BCUT2D eigenvalue weighted by atomic mass is 10.2. The van der Waals surface area contributed by atoms with Crippen molar-refractivity contribution in [2.75, 3.05) is 41.3 Å². The van der Waals surface area contributed by atoms with Crippen LogP contribution in [0.1, 0.15) is 12.8 Å². The minimum absolute atomic E-state index is 0.359. The van der Waals surface area contributed by atoms with Crippen LogP contribution < -0.4 is 0 Å². The van der Waals surface area contributed by atoms with Crippen molar-refractivity contribution >= 4 is 22.8 Å². The Kier molecular flexibility index (Phi) is 10.2. The van der Waals surface area contributed by atoms with Gasteiger partial charge in [-0.2, -0.15) is 0 Å². The molecule has 0 heterocycles. The first-order chi connectivity index (χ1) is 12.9. The van der Waals surface area contributed by atoms with Crippen molar-refractivity contribution in [1.29, 1.82) is 0 Å². The first kappa shape index (κ1) is 24.8. The first-order valence-corrected chi connectivity index (χ1v) is 7.98. The molecule has 0 unspecified atom stereocenters. The highest BCUT2D eigenvalue weighted by Crippen LogP contribution is 2.38. The first-order valence-electron chi connectivity index (χ1n) is 7.98. The van der Waals surface area contributed by atoms with Crippen LogP contribution in [0.4, 0.5) is 17.1 Å². The van der Waals surface area contributed by atoms with Crippen LogP contribution in [0.2, 0.25) is 0 Å². The number of carbonyl (C=O) groups is 1. The predicted molar refractivity (Wildman–Crippen MR) is 99.4 cm³/mol. The van der Waals surface area contributed by atoms with Crippen molar-refractivity contribution in [1.82, 2.24) is 9.80 Å². The Bertz CT molecular complexity index is 686. The molecule has 0 radical (unpaired) electrons. The van der Waals surface area contributed by atoms with Gasteiger partial charge in [0.15, 0.2) is 0 Å². The summed E-state index contributed by atoms with van der Waals surface area (Å²) in [5.41, 5.74) is -3.00. The maximum atomic E-state index is 11.2. The third kappa shape index (κ3) is 8.95. The number of nitro benzene ring substituents is 3. The standard InChI is InChI=1S/C9H20N2O.C6H3N3O7/c1-10(2)7-5-9(12)6-8-11(3)4;10-6-4(8(13)14)1-3(7(11)12)2-5(6)9(15)16/h5-8H2,1-4H3;1-2,10H. The zero-order chi connectivity index (χ0) is 22.0. The van der Waals surface area contributed by atoms with Gasteiger partial charge in [-0.1, -0.05) is 0 Å². The number of nitrogens with zero attached hydrogens (tertiary/aromatic N) is 5. The fourth-order valence-corrected chi connectivity index (χ4v) is 1.80. The zero-order valence-corrected chi connectivity index (χ0v) is 16.0. The van der Waals surface area contributed by atoms with Crippen LogP contribution in [0.15, 0.2) is 12.1 Å². The Labute approximate surface area is 160 Å². The van der Waals surface area contributed by atoms with E-state index >= 15 is 0 Å².